The Morgan fingerprint density at radius 1 is 1.16 bits per heavy atom. The third kappa shape index (κ3) is 4.15. The molecule has 0 bridgehead atoms. The summed E-state index contributed by atoms with van der Waals surface area (Å²) in [5.41, 5.74) is 6.84. The lowest BCUT2D eigenvalue weighted by atomic mass is 9.70. The van der Waals surface area contributed by atoms with Crippen LogP contribution in [0.3, 0.4) is 0 Å². The maximum atomic E-state index is 12.6. The molecular weight excluding hydrogens is 407 g/mol. The first-order valence-electron chi connectivity index (χ1n) is 9.83. The maximum absolute atomic E-state index is 12.6. The van der Waals surface area contributed by atoms with Crippen LogP contribution >= 0.6 is 0 Å². The van der Waals surface area contributed by atoms with Crippen LogP contribution in [-0.2, 0) is 11.2 Å². The number of carboxylic acid groups (broad SMARTS) is 1. The van der Waals surface area contributed by atoms with Crippen LogP contribution in [0.5, 0.6) is 17.2 Å². The van der Waals surface area contributed by atoms with Crippen molar-refractivity contribution in [3.05, 3.63) is 53.1 Å². The van der Waals surface area contributed by atoms with Crippen molar-refractivity contribution in [3.63, 3.8) is 0 Å². The van der Waals surface area contributed by atoms with Gasteiger partial charge in [0.05, 0.1) is 18.8 Å². The lowest BCUT2D eigenvalue weighted by molar-refractivity contribution is -0.141. The number of ether oxygens (including phenoxy) is 1. The minimum absolute atomic E-state index is 0.0206. The zero-order chi connectivity index (χ0) is 22.3. The third-order valence-corrected chi connectivity index (χ3v) is 5.48. The molecule has 4 rings (SSSR count). The fourth-order valence-electron chi connectivity index (χ4n) is 3.72. The van der Waals surface area contributed by atoms with Gasteiger partial charge in [0.25, 0.3) is 0 Å². The second kappa shape index (κ2) is 7.76. The summed E-state index contributed by atoms with van der Waals surface area (Å²) >= 11 is 0. The molecule has 1 fully saturated rings. The summed E-state index contributed by atoms with van der Waals surface area (Å²) in [4.78, 5) is 25.9. The van der Waals surface area contributed by atoms with Crippen LogP contribution in [0.4, 0.5) is 0 Å². The van der Waals surface area contributed by atoms with Crippen molar-refractivity contribution < 1.29 is 39.2 Å². The molecule has 10 nitrogen and oxygen atoms in total. The molecule has 164 valence electrons. The number of hydrogen-bond acceptors (Lipinski definition) is 8. The van der Waals surface area contributed by atoms with Gasteiger partial charge in [-0.15, -0.1) is 0 Å². The van der Waals surface area contributed by atoms with Crippen LogP contribution in [0.2, 0.25) is 6.32 Å². The van der Waals surface area contributed by atoms with Gasteiger partial charge in [0, 0.05) is 0 Å². The van der Waals surface area contributed by atoms with Crippen LogP contribution in [0.15, 0.2) is 36.4 Å². The number of likely N-dealkylation sites (tertiary alicyclic amines) is 1. The molecule has 11 heteroatoms. The van der Waals surface area contributed by atoms with Gasteiger partial charge in [-0.1, -0.05) is 24.5 Å². The average Bonchev–Trinajstić information content (AvgIpc) is 2.68. The molecule has 1 saturated heterocycles. The van der Waals surface area contributed by atoms with Crippen LogP contribution in [0, 0.1) is 0 Å². The van der Waals surface area contributed by atoms with Gasteiger partial charge < -0.3 is 40.3 Å². The highest BCUT2D eigenvalue weighted by atomic mass is 16.6. The number of amides is 1. The molecule has 0 aliphatic carbocycles. The Bertz CT molecular complexity index is 1020. The second-order valence-electron chi connectivity index (χ2n) is 7.80. The number of hydrogen-bond donors (Lipinski definition) is 5. The third-order valence-electron chi connectivity index (χ3n) is 5.48. The zero-order valence-electron chi connectivity index (χ0n) is 16.5. The molecule has 2 heterocycles. The van der Waals surface area contributed by atoms with Crippen molar-refractivity contribution in [2.75, 3.05) is 13.1 Å². The number of nitrogens with zero attached hydrogens (tertiary/aromatic N) is 1. The Balaban J connectivity index is 1.44. The van der Waals surface area contributed by atoms with Crippen LogP contribution < -0.4 is 15.1 Å². The van der Waals surface area contributed by atoms with Crippen LogP contribution in [-0.4, -0.2) is 63.0 Å². The molecule has 0 unspecified atom stereocenters. The largest absolute Gasteiger partial charge is 0.669 e. The smallest absolute Gasteiger partial charge is 0.430 e. The number of aryl methyl sites for hydroxylation is 1. The first-order valence-corrected chi connectivity index (χ1v) is 9.83. The van der Waals surface area contributed by atoms with Crippen LogP contribution in [0.1, 0.15) is 27.5 Å². The fraction of sp³-hybridized carbons (Fsp3) is 0.300. The Hall–Kier alpha value is -3.28. The number of carbonyl (C=O) groups excluding carboxylic acids is 1. The molecule has 0 aromatic heterocycles. The number of phenolic OH excluding ortho intramolecular Hbond substituents is 1. The Morgan fingerprint density at radius 2 is 1.84 bits per heavy atom. The lowest BCUT2D eigenvalue weighted by Crippen LogP contribution is -2.58. The van der Waals surface area contributed by atoms with E-state index in [0.717, 1.165) is 0 Å². The van der Waals surface area contributed by atoms with E-state index in [-0.39, 0.29) is 54.5 Å². The summed E-state index contributed by atoms with van der Waals surface area (Å²) in [7, 11) is 0. The molecule has 2 aromatic carbocycles. The highest BCUT2D eigenvalue weighted by Gasteiger charge is 2.37. The highest BCUT2D eigenvalue weighted by Crippen LogP contribution is 2.39. The van der Waals surface area contributed by atoms with Crippen molar-refractivity contribution in [2.24, 2.45) is 5.73 Å². The molecule has 1 atom stereocenters. The summed E-state index contributed by atoms with van der Waals surface area (Å²) < 4.78 is 10.9. The predicted octanol–water partition coefficient (Wildman–Crippen LogP) is 0.238. The van der Waals surface area contributed by atoms with E-state index < -0.39 is 24.9 Å². The second-order valence-corrected chi connectivity index (χ2v) is 7.80. The van der Waals surface area contributed by atoms with Gasteiger partial charge in [-0.2, -0.15) is 0 Å². The van der Waals surface area contributed by atoms with Crippen molar-refractivity contribution in [3.8, 4) is 17.2 Å². The zero-order valence-corrected chi connectivity index (χ0v) is 16.5. The molecule has 2 aliphatic rings. The average molecular weight is 429 g/mol. The molecule has 31 heavy (non-hydrogen) atoms. The normalized spacial score (nSPS) is 18.4. The topological polar surface area (TPSA) is 163 Å². The number of carbonyl (C=O) groups is 2. The van der Waals surface area contributed by atoms with Gasteiger partial charge in [0.15, 0.2) is 0 Å². The van der Waals surface area contributed by atoms with E-state index in [2.05, 4.69) is 0 Å². The maximum Gasteiger partial charge on any atom is 0.430 e. The Labute approximate surface area is 177 Å². The van der Waals surface area contributed by atoms with Gasteiger partial charge in [-0.25, -0.2) is 4.79 Å². The van der Waals surface area contributed by atoms with Crippen molar-refractivity contribution >= 4 is 18.6 Å². The summed E-state index contributed by atoms with van der Waals surface area (Å²) in [5.74, 6) is -1.64. The number of carboxylic acids is 1. The molecule has 6 N–H and O–H groups in total. The molecule has 2 aliphatic heterocycles. The van der Waals surface area contributed by atoms with E-state index in [1.807, 2.05) is 0 Å². The number of phenols is 1. The van der Waals surface area contributed by atoms with Gasteiger partial charge >= 0.3 is 12.7 Å². The summed E-state index contributed by atoms with van der Waals surface area (Å²) in [6.07, 6.45) is -0.203. The summed E-state index contributed by atoms with van der Waals surface area (Å²) in [5, 5.41) is 38.6. The molecule has 0 saturated carbocycles. The number of aromatic carboxylic acids is 1. The van der Waals surface area contributed by atoms with Gasteiger partial charge in [-0.3, -0.25) is 4.79 Å². The first kappa shape index (κ1) is 21.0. The van der Waals surface area contributed by atoms with E-state index in [1.54, 1.807) is 18.2 Å². The SMILES string of the molecule is N[C@H](C(=O)N1CC(Oc2ccc3c(c2C(=O)O)O[B-](O)(O)CC3)C1)c1ccc(O)cc1. The summed E-state index contributed by atoms with van der Waals surface area (Å²) in [6, 6.07) is 8.29. The highest BCUT2D eigenvalue weighted by molar-refractivity contribution is 6.59. The number of rotatable bonds is 5. The minimum Gasteiger partial charge on any atom is -0.669 e. The van der Waals surface area contributed by atoms with Gasteiger partial charge in [-0.05, 0) is 35.7 Å². The first-order chi connectivity index (χ1) is 14.6. The van der Waals surface area contributed by atoms with E-state index in [0.29, 0.717) is 11.1 Å². The van der Waals surface area contributed by atoms with Gasteiger partial charge in [0.1, 0.15) is 29.2 Å². The number of aromatic hydroxyl groups is 1. The Morgan fingerprint density at radius 3 is 2.48 bits per heavy atom. The monoisotopic (exact) mass is 429 g/mol. The molecule has 1 amide bonds. The van der Waals surface area contributed by atoms with Crippen molar-refractivity contribution in [1.29, 1.82) is 0 Å². The van der Waals surface area contributed by atoms with E-state index in [1.165, 1.54) is 23.1 Å². The van der Waals surface area contributed by atoms with E-state index in [9.17, 15) is 29.9 Å². The van der Waals surface area contributed by atoms with Crippen LogP contribution in [0.25, 0.3) is 0 Å². The number of fused-ring (bicyclic) bond motifs is 1. The molecule has 2 aromatic rings. The number of benzene rings is 2. The minimum atomic E-state index is -3.12. The predicted molar refractivity (Wildman–Crippen MR) is 109 cm³/mol. The standard InChI is InChI=1S/C20H22BN2O8/c22-17(11-1-4-13(24)5-2-11)19(25)23-9-14(10-23)30-15-6-3-12-7-8-21(28,29)31-18(12)16(15)20(26)27/h1-6,14,17,24,28-29H,7-10,22H2,(H,26,27)/q-1/t17-/m0/s1. The van der Waals surface area contributed by atoms with E-state index >= 15 is 0 Å². The number of nitrogens with two attached hydrogens (primary N) is 1. The molecular formula is C20H22BN2O8-. The Kier molecular flexibility index (Phi) is 5.25. The van der Waals surface area contributed by atoms with Crippen molar-refractivity contribution in [2.45, 2.75) is 24.9 Å². The molecule has 0 radical (unpaired) electrons. The fourth-order valence-corrected chi connectivity index (χ4v) is 3.72. The van der Waals surface area contributed by atoms with Gasteiger partial charge in [0.2, 0.25) is 5.91 Å². The molecule has 0 spiro atoms. The lowest BCUT2D eigenvalue weighted by Gasteiger charge is -2.41. The van der Waals surface area contributed by atoms with E-state index in [4.69, 9.17) is 15.1 Å². The summed E-state index contributed by atoms with van der Waals surface area (Å²) in [6.45, 7) is -2.69. The van der Waals surface area contributed by atoms with Crippen molar-refractivity contribution in [1.82, 2.24) is 4.90 Å². The quantitative estimate of drug-likeness (QED) is 0.419.